The number of aryl methyl sites for hydroxylation is 1. The molecular formula is C20H20Cl2N2S2. The average molecular weight is 423 g/mol. The number of thiazole rings is 1. The normalized spacial score (nSPS) is 16.3. The summed E-state index contributed by atoms with van der Waals surface area (Å²) in [7, 11) is 0. The van der Waals surface area contributed by atoms with E-state index < -0.39 is 0 Å². The van der Waals surface area contributed by atoms with E-state index in [-0.39, 0.29) is 0 Å². The van der Waals surface area contributed by atoms with Crippen LogP contribution in [0.2, 0.25) is 10.0 Å². The lowest BCUT2D eigenvalue weighted by molar-refractivity contribution is 0.206. The Morgan fingerprint density at radius 1 is 1.12 bits per heavy atom. The SMILES string of the molecule is Cc1ccc(CN2CCC(c3nc(-c4ccc(Cl)c(Cl)c4)cs3)CC2)s1. The second-order valence-corrected chi connectivity index (χ2v) is 9.84. The highest BCUT2D eigenvalue weighted by Crippen LogP contribution is 2.35. The molecule has 0 radical (unpaired) electrons. The van der Waals surface area contributed by atoms with E-state index in [1.54, 1.807) is 11.3 Å². The summed E-state index contributed by atoms with van der Waals surface area (Å²) in [6.07, 6.45) is 2.36. The number of rotatable bonds is 4. The third-order valence-electron chi connectivity index (χ3n) is 4.85. The number of likely N-dealkylation sites (tertiary alicyclic amines) is 1. The average Bonchev–Trinajstić information content (AvgIpc) is 3.27. The van der Waals surface area contributed by atoms with Crippen LogP contribution in [0.3, 0.4) is 0 Å². The molecule has 2 aromatic heterocycles. The standard InChI is InChI=1S/C20H20Cl2N2S2/c1-13-2-4-16(26-13)11-24-8-6-14(7-9-24)20-23-19(12-25-20)15-3-5-17(21)18(22)10-15/h2-5,10,12,14H,6-9,11H2,1H3. The highest BCUT2D eigenvalue weighted by atomic mass is 35.5. The van der Waals surface area contributed by atoms with E-state index in [1.165, 1.54) is 27.6 Å². The van der Waals surface area contributed by atoms with Gasteiger partial charge in [0.1, 0.15) is 0 Å². The molecule has 0 amide bonds. The molecule has 1 aromatic carbocycles. The van der Waals surface area contributed by atoms with Gasteiger partial charge < -0.3 is 0 Å². The topological polar surface area (TPSA) is 16.1 Å². The van der Waals surface area contributed by atoms with Crippen LogP contribution in [0.25, 0.3) is 11.3 Å². The van der Waals surface area contributed by atoms with Crippen molar-refractivity contribution in [3.63, 3.8) is 0 Å². The van der Waals surface area contributed by atoms with Crippen molar-refractivity contribution in [2.45, 2.75) is 32.2 Å². The van der Waals surface area contributed by atoms with E-state index in [0.29, 0.717) is 16.0 Å². The molecule has 26 heavy (non-hydrogen) atoms. The highest BCUT2D eigenvalue weighted by molar-refractivity contribution is 7.11. The predicted molar refractivity (Wildman–Crippen MR) is 114 cm³/mol. The van der Waals surface area contributed by atoms with E-state index in [0.717, 1.165) is 30.9 Å². The number of nitrogens with zero attached hydrogens (tertiary/aromatic N) is 2. The molecule has 3 aromatic rings. The van der Waals surface area contributed by atoms with E-state index >= 15 is 0 Å². The van der Waals surface area contributed by atoms with Gasteiger partial charge in [-0.2, -0.15) is 0 Å². The van der Waals surface area contributed by atoms with Gasteiger partial charge in [0, 0.05) is 33.2 Å². The Morgan fingerprint density at radius 3 is 2.62 bits per heavy atom. The number of benzene rings is 1. The number of aromatic nitrogens is 1. The van der Waals surface area contributed by atoms with Crippen LogP contribution in [0.5, 0.6) is 0 Å². The van der Waals surface area contributed by atoms with Crippen molar-refractivity contribution in [1.29, 1.82) is 0 Å². The first-order chi connectivity index (χ1) is 12.6. The molecule has 1 saturated heterocycles. The summed E-state index contributed by atoms with van der Waals surface area (Å²) in [6.45, 7) is 5.54. The van der Waals surface area contributed by atoms with Crippen molar-refractivity contribution >= 4 is 45.9 Å². The maximum atomic E-state index is 6.14. The second-order valence-electron chi connectivity index (χ2n) is 6.76. The fourth-order valence-corrected chi connectivity index (χ4v) is 5.62. The minimum Gasteiger partial charge on any atom is -0.298 e. The third-order valence-corrected chi connectivity index (χ3v) is 7.58. The second kappa shape index (κ2) is 7.99. The van der Waals surface area contributed by atoms with Crippen LogP contribution in [0, 0.1) is 6.92 Å². The van der Waals surface area contributed by atoms with Gasteiger partial charge >= 0.3 is 0 Å². The lowest BCUT2D eigenvalue weighted by Gasteiger charge is -2.30. The number of thiophene rings is 1. The molecule has 4 rings (SSSR count). The minimum absolute atomic E-state index is 0.567. The van der Waals surface area contributed by atoms with Gasteiger partial charge in [0.15, 0.2) is 0 Å². The fourth-order valence-electron chi connectivity index (χ4n) is 3.39. The van der Waals surface area contributed by atoms with Crippen molar-refractivity contribution in [2.75, 3.05) is 13.1 Å². The molecule has 0 bridgehead atoms. The molecule has 0 saturated carbocycles. The molecule has 0 unspecified atom stereocenters. The van der Waals surface area contributed by atoms with Gasteiger partial charge in [0.05, 0.1) is 20.7 Å². The molecule has 2 nitrogen and oxygen atoms in total. The van der Waals surface area contributed by atoms with E-state index in [4.69, 9.17) is 28.2 Å². The van der Waals surface area contributed by atoms with Crippen molar-refractivity contribution in [1.82, 2.24) is 9.88 Å². The first-order valence-corrected chi connectivity index (χ1v) is 11.2. The minimum atomic E-state index is 0.567. The van der Waals surface area contributed by atoms with Crippen LogP contribution in [-0.2, 0) is 6.54 Å². The molecule has 1 aliphatic rings. The van der Waals surface area contributed by atoms with Crippen molar-refractivity contribution < 1.29 is 0 Å². The fraction of sp³-hybridized carbons (Fsp3) is 0.350. The maximum Gasteiger partial charge on any atom is 0.0964 e. The smallest absolute Gasteiger partial charge is 0.0964 e. The number of hydrogen-bond acceptors (Lipinski definition) is 4. The molecule has 0 N–H and O–H groups in total. The van der Waals surface area contributed by atoms with Gasteiger partial charge in [-0.25, -0.2) is 4.98 Å². The van der Waals surface area contributed by atoms with Gasteiger partial charge in [-0.05, 0) is 57.1 Å². The summed E-state index contributed by atoms with van der Waals surface area (Å²) in [5, 5.41) is 4.54. The quantitative estimate of drug-likeness (QED) is 0.455. The zero-order valence-electron chi connectivity index (χ0n) is 14.5. The molecular weight excluding hydrogens is 403 g/mol. The van der Waals surface area contributed by atoms with Crippen LogP contribution < -0.4 is 0 Å². The molecule has 0 atom stereocenters. The number of piperidine rings is 1. The lowest BCUT2D eigenvalue weighted by Crippen LogP contribution is -2.32. The summed E-state index contributed by atoms with van der Waals surface area (Å²) < 4.78 is 0. The summed E-state index contributed by atoms with van der Waals surface area (Å²) in [4.78, 5) is 10.3. The summed E-state index contributed by atoms with van der Waals surface area (Å²) in [5.41, 5.74) is 2.03. The molecule has 6 heteroatoms. The highest BCUT2D eigenvalue weighted by Gasteiger charge is 2.23. The zero-order chi connectivity index (χ0) is 18.1. The van der Waals surface area contributed by atoms with Crippen molar-refractivity contribution in [2.24, 2.45) is 0 Å². The number of halogens is 2. The van der Waals surface area contributed by atoms with Crippen molar-refractivity contribution in [3.8, 4) is 11.3 Å². The van der Waals surface area contributed by atoms with Crippen LogP contribution in [0.1, 0.15) is 33.5 Å². The number of hydrogen-bond donors (Lipinski definition) is 0. The first-order valence-electron chi connectivity index (χ1n) is 8.77. The van der Waals surface area contributed by atoms with Gasteiger partial charge in [-0.1, -0.05) is 29.3 Å². The molecule has 1 fully saturated rings. The third kappa shape index (κ3) is 4.15. The van der Waals surface area contributed by atoms with Crippen LogP contribution in [0.15, 0.2) is 35.7 Å². The summed E-state index contributed by atoms with van der Waals surface area (Å²) in [5.74, 6) is 0.567. The molecule has 0 spiro atoms. The van der Waals surface area contributed by atoms with Crippen LogP contribution in [-0.4, -0.2) is 23.0 Å². The van der Waals surface area contributed by atoms with E-state index in [1.807, 2.05) is 29.5 Å². The van der Waals surface area contributed by atoms with Crippen LogP contribution in [0.4, 0.5) is 0 Å². The largest absolute Gasteiger partial charge is 0.298 e. The Hall–Kier alpha value is -0.910. The Morgan fingerprint density at radius 2 is 1.92 bits per heavy atom. The lowest BCUT2D eigenvalue weighted by atomic mass is 9.97. The molecule has 1 aliphatic heterocycles. The van der Waals surface area contributed by atoms with E-state index in [2.05, 4.69) is 29.3 Å². The Labute approximate surface area is 172 Å². The Kier molecular flexibility index (Phi) is 5.67. The summed E-state index contributed by atoms with van der Waals surface area (Å²) in [6, 6.07) is 10.2. The van der Waals surface area contributed by atoms with Gasteiger partial charge in [-0.15, -0.1) is 22.7 Å². The Balaban J connectivity index is 1.39. The van der Waals surface area contributed by atoms with Gasteiger partial charge in [0.25, 0.3) is 0 Å². The van der Waals surface area contributed by atoms with Gasteiger partial charge in [-0.3, -0.25) is 4.90 Å². The maximum absolute atomic E-state index is 6.14. The van der Waals surface area contributed by atoms with Crippen LogP contribution >= 0.6 is 45.9 Å². The van der Waals surface area contributed by atoms with E-state index in [9.17, 15) is 0 Å². The molecule has 0 aliphatic carbocycles. The Bertz CT molecular complexity index is 895. The molecule has 3 heterocycles. The zero-order valence-corrected chi connectivity index (χ0v) is 17.7. The predicted octanol–water partition coefficient (Wildman–Crippen LogP) is 6.87. The van der Waals surface area contributed by atoms with Gasteiger partial charge in [0.2, 0.25) is 0 Å². The first kappa shape index (κ1) is 18.5. The summed E-state index contributed by atoms with van der Waals surface area (Å²) >= 11 is 15.8. The van der Waals surface area contributed by atoms with Crippen molar-refractivity contribution in [3.05, 3.63) is 60.5 Å². The monoisotopic (exact) mass is 422 g/mol. The molecule has 136 valence electrons.